The maximum atomic E-state index is 10.00. The Hall–Kier alpha value is -1.06. The van der Waals surface area contributed by atoms with Crippen LogP contribution < -0.4 is 10.1 Å². The summed E-state index contributed by atoms with van der Waals surface area (Å²) in [6, 6.07) is 6.27. The van der Waals surface area contributed by atoms with E-state index >= 15 is 0 Å². The molecule has 0 aliphatic heterocycles. The molecule has 1 aromatic carbocycles. The molecule has 3 heteroatoms. The van der Waals surface area contributed by atoms with Gasteiger partial charge in [-0.3, -0.25) is 0 Å². The third-order valence-electron chi connectivity index (χ3n) is 3.31. The predicted octanol–water partition coefficient (Wildman–Crippen LogP) is 3.28. The number of aliphatic hydroxyl groups excluding tert-OH is 1. The molecule has 0 bridgehead atoms. The largest absolute Gasteiger partial charge is 0.491 e. The Morgan fingerprint density at radius 1 is 1.19 bits per heavy atom. The minimum Gasteiger partial charge on any atom is -0.491 e. The van der Waals surface area contributed by atoms with Crippen molar-refractivity contribution in [2.75, 3.05) is 19.7 Å². The lowest BCUT2D eigenvalue weighted by Crippen LogP contribution is -2.33. The van der Waals surface area contributed by atoms with E-state index in [0.29, 0.717) is 19.1 Å². The zero-order valence-electron chi connectivity index (χ0n) is 14.4. The molecule has 0 heterocycles. The standard InChI is InChI=1S/C18H31NO2/c1-13(2)10-19-11-15(20)12-21-17-9-14(3)7-8-16(17)18(4,5)6/h7-9,13,15,19-20H,10-12H2,1-6H3. The van der Waals surface area contributed by atoms with Gasteiger partial charge in [-0.1, -0.05) is 46.8 Å². The van der Waals surface area contributed by atoms with Crippen molar-refractivity contribution < 1.29 is 9.84 Å². The van der Waals surface area contributed by atoms with E-state index < -0.39 is 6.10 Å². The minimum atomic E-state index is -0.489. The van der Waals surface area contributed by atoms with Gasteiger partial charge >= 0.3 is 0 Å². The van der Waals surface area contributed by atoms with E-state index in [4.69, 9.17) is 4.74 Å². The average Bonchev–Trinajstić information content (AvgIpc) is 2.34. The summed E-state index contributed by atoms with van der Waals surface area (Å²) in [7, 11) is 0. The highest BCUT2D eigenvalue weighted by molar-refractivity contribution is 5.41. The van der Waals surface area contributed by atoms with Gasteiger partial charge in [-0.25, -0.2) is 0 Å². The van der Waals surface area contributed by atoms with E-state index in [9.17, 15) is 5.11 Å². The molecule has 120 valence electrons. The first-order chi connectivity index (χ1) is 9.70. The third-order valence-corrected chi connectivity index (χ3v) is 3.31. The summed E-state index contributed by atoms with van der Waals surface area (Å²) in [6.45, 7) is 14.7. The second-order valence-corrected chi connectivity index (χ2v) is 7.27. The van der Waals surface area contributed by atoms with Gasteiger partial charge in [-0.15, -0.1) is 0 Å². The molecule has 0 aromatic heterocycles. The van der Waals surface area contributed by atoms with Crippen molar-refractivity contribution >= 4 is 0 Å². The van der Waals surface area contributed by atoms with Gasteiger partial charge < -0.3 is 15.2 Å². The van der Waals surface area contributed by atoms with Gasteiger partial charge in [-0.05, 0) is 42.0 Å². The molecular formula is C18H31NO2. The van der Waals surface area contributed by atoms with Gasteiger partial charge in [0.05, 0.1) is 0 Å². The Balaban J connectivity index is 2.60. The van der Waals surface area contributed by atoms with Gasteiger partial charge in [0.2, 0.25) is 0 Å². The van der Waals surface area contributed by atoms with Gasteiger partial charge in [0.25, 0.3) is 0 Å². The van der Waals surface area contributed by atoms with Crippen molar-refractivity contribution in [3.63, 3.8) is 0 Å². The van der Waals surface area contributed by atoms with E-state index in [1.54, 1.807) is 0 Å². The topological polar surface area (TPSA) is 41.5 Å². The van der Waals surface area contributed by atoms with E-state index in [2.05, 4.69) is 65.1 Å². The van der Waals surface area contributed by atoms with Crippen molar-refractivity contribution in [2.45, 2.75) is 53.1 Å². The third kappa shape index (κ3) is 6.49. The van der Waals surface area contributed by atoms with Crippen molar-refractivity contribution in [1.29, 1.82) is 0 Å². The number of hydrogen-bond acceptors (Lipinski definition) is 3. The lowest BCUT2D eigenvalue weighted by atomic mass is 9.86. The second-order valence-electron chi connectivity index (χ2n) is 7.27. The molecule has 2 N–H and O–H groups in total. The fourth-order valence-corrected chi connectivity index (χ4v) is 2.15. The fourth-order valence-electron chi connectivity index (χ4n) is 2.15. The monoisotopic (exact) mass is 293 g/mol. The highest BCUT2D eigenvalue weighted by atomic mass is 16.5. The quantitative estimate of drug-likeness (QED) is 0.810. The Morgan fingerprint density at radius 2 is 1.86 bits per heavy atom. The molecule has 1 rings (SSSR count). The van der Waals surface area contributed by atoms with Crippen molar-refractivity contribution in [2.24, 2.45) is 5.92 Å². The Kier molecular flexibility index (Phi) is 6.69. The predicted molar refractivity (Wildman–Crippen MR) is 89.1 cm³/mol. The molecule has 0 fully saturated rings. The Labute approximate surface area is 129 Å². The van der Waals surface area contributed by atoms with Crippen LogP contribution in [0.1, 0.15) is 45.7 Å². The van der Waals surface area contributed by atoms with Crippen LogP contribution in [0.3, 0.4) is 0 Å². The molecule has 1 aromatic rings. The Morgan fingerprint density at radius 3 is 2.43 bits per heavy atom. The van der Waals surface area contributed by atoms with Crippen LogP contribution in [-0.2, 0) is 5.41 Å². The van der Waals surface area contributed by atoms with Crippen LogP contribution in [0.15, 0.2) is 18.2 Å². The minimum absolute atomic E-state index is 0.0316. The summed E-state index contributed by atoms with van der Waals surface area (Å²) < 4.78 is 5.87. The van der Waals surface area contributed by atoms with Crippen molar-refractivity contribution in [1.82, 2.24) is 5.32 Å². The molecule has 0 radical (unpaired) electrons. The summed E-state index contributed by atoms with van der Waals surface area (Å²) in [5, 5.41) is 13.2. The van der Waals surface area contributed by atoms with Crippen LogP contribution in [0, 0.1) is 12.8 Å². The number of benzene rings is 1. The number of rotatable bonds is 7. The highest BCUT2D eigenvalue weighted by Gasteiger charge is 2.19. The summed E-state index contributed by atoms with van der Waals surface area (Å²) in [4.78, 5) is 0. The molecule has 21 heavy (non-hydrogen) atoms. The van der Waals surface area contributed by atoms with Crippen LogP contribution in [0.25, 0.3) is 0 Å². The first-order valence-corrected chi connectivity index (χ1v) is 7.83. The van der Waals surface area contributed by atoms with E-state index in [0.717, 1.165) is 12.3 Å². The lowest BCUT2D eigenvalue weighted by Gasteiger charge is -2.24. The second kappa shape index (κ2) is 7.81. The number of ether oxygens (including phenoxy) is 1. The van der Waals surface area contributed by atoms with E-state index in [1.807, 2.05) is 0 Å². The maximum absolute atomic E-state index is 10.00. The molecule has 3 nitrogen and oxygen atoms in total. The molecule has 0 aliphatic rings. The maximum Gasteiger partial charge on any atom is 0.123 e. The SMILES string of the molecule is Cc1ccc(C(C)(C)C)c(OCC(O)CNCC(C)C)c1. The van der Waals surface area contributed by atoms with Gasteiger partial charge in [0, 0.05) is 6.54 Å². The summed E-state index contributed by atoms with van der Waals surface area (Å²) >= 11 is 0. The number of aliphatic hydroxyl groups is 1. The van der Waals surface area contributed by atoms with Gasteiger partial charge in [-0.2, -0.15) is 0 Å². The van der Waals surface area contributed by atoms with Crippen LogP contribution >= 0.6 is 0 Å². The molecular weight excluding hydrogens is 262 g/mol. The van der Waals surface area contributed by atoms with Gasteiger partial charge in [0.1, 0.15) is 18.5 Å². The van der Waals surface area contributed by atoms with E-state index in [-0.39, 0.29) is 5.41 Å². The molecule has 1 atom stereocenters. The van der Waals surface area contributed by atoms with Crippen LogP contribution in [0.2, 0.25) is 0 Å². The Bertz CT molecular complexity index is 435. The number of aryl methyl sites for hydroxylation is 1. The van der Waals surface area contributed by atoms with Crippen LogP contribution in [0.5, 0.6) is 5.75 Å². The molecule has 0 aliphatic carbocycles. The zero-order chi connectivity index (χ0) is 16.0. The molecule has 0 saturated carbocycles. The molecule has 1 unspecified atom stereocenters. The zero-order valence-corrected chi connectivity index (χ0v) is 14.4. The summed E-state index contributed by atoms with van der Waals surface area (Å²) in [5.74, 6) is 1.47. The summed E-state index contributed by atoms with van der Waals surface area (Å²) in [6.07, 6.45) is -0.489. The highest BCUT2D eigenvalue weighted by Crippen LogP contribution is 2.32. The van der Waals surface area contributed by atoms with Gasteiger partial charge in [0.15, 0.2) is 0 Å². The first kappa shape index (κ1) is 18.0. The average molecular weight is 293 g/mol. The van der Waals surface area contributed by atoms with Crippen LogP contribution in [0.4, 0.5) is 0 Å². The number of nitrogens with one attached hydrogen (secondary N) is 1. The normalized spacial score (nSPS) is 13.5. The van der Waals surface area contributed by atoms with E-state index in [1.165, 1.54) is 11.1 Å². The lowest BCUT2D eigenvalue weighted by molar-refractivity contribution is 0.105. The smallest absolute Gasteiger partial charge is 0.123 e. The number of hydrogen-bond donors (Lipinski definition) is 2. The fraction of sp³-hybridized carbons (Fsp3) is 0.667. The van der Waals surface area contributed by atoms with Crippen molar-refractivity contribution in [3.05, 3.63) is 29.3 Å². The first-order valence-electron chi connectivity index (χ1n) is 7.83. The molecule has 0 amide bonds. The molecule has 0 saturated heterocycles. The molecule has 0 spiro atoms. The van der Waals surface area contributed by atoms with Crippen LogP contribution in [-0.4, -0.2) is 30.9 Å². The summed E-state index contributed by atoms with van der Waals surface area (Å²) in [5.41, 5.74) is 2.38. The van der Waals surface area contributed by atoms with Crippen molar-refractivity contribution in [3.8, 4) is 5.75 Å².